The van der Waals surface area contributed by atoms with Gasteiger partial charge in [0.15, 0.2) is 0 Å². The lowest BCUT2D eigenvalue weighted by atomic mass is 9.94. The summed E-state index contributed by atoms with van der Waals surface area (Å²) in [6.07, 6.45) is 0.731. The Bertz CT molecular complexity index is 258. The molecule has 0 aliphatic rings. The van der Waals surface area contributed by atoms with Gasteiger partial charge in [-0.15, -0.1) is 0 Å². The summed E-state index contributed by atoms with van der Waals surface area (Å²) < 4.78 is 15.9. The number of hydrogen-bond acceptors (Lipinski definition) is 5. The minimum absolute atomic E-state index is 0.0427. The Morgan fingerprint density at radius 1 is 1.21 bits per heavy atom. The smallest absolute Gasteiger partial charge is 0.325 e. The number of rotatable bonds is 10. The van der Waals surface area contributed by atoms with Crippen LogP contribution in [0.25, 0.3) is 0 Å². The molecule has 0 bridgehead atoms. The van der Waals surface area contributed by atoms with Crippen molar-refractivity contribution in [2.75, 3.05) is 26.9 Å². The Kier molecular flexibility index (Phi) is 8.97. The fourth-order valence-electron chi connectivity index (χ4n) is 2.01. The highest BCUT2D eigenvalue weighted by molar-refractivity contribution is 5.80. The zero-order valence-corrected chi connectivity index (χ0v) is 13.1. The first kappa shape index (κ1) is 18.4. The van der Waals surface area contributed by atoms with Crippen molar-refractivity contribution in [2.45, 2.75) is 58.8 Å². The Hall–Kier alpha value is -0.650. The third-order valence-corrected chi connectivity index (χ3v) is 2.84. The van der Waals surface area contributed by atoms with Gasteiger partial charge in [0.25, 0.3) is 0 Å². The van der Waals surface area contributed by atoms with Gasteiger partial charge in [-0.3, -0.25) is 4.79 Å². The number of carbonyl (C=O) groups is 1. The maximum absolute atomic E-state index is 11.8. The van der Waals surface area contributed by atoms with Gasteiger partial charge in [0.1, 0.15) is 5.54 Å². The normalized spacial score (nSPS) is 16.2. The van der Waals surface area contributed by atoms with Gasteiger partial charge in [-0.05, 0) is 34.2 Å². The molecule has 0 heterocycles. The standard InChI is InChI=1S/C14H29NO4/c1-7-15-14(5,13(16)17-6)10-12(4)19-9-8-18-11(2)3/h11-12,15H,7-10H2,1-6H3. The van der Waals surface area contributed by atoms with Crippen LogP contribution in [0.15, 0.2) is 0 Å². The van der Waals surface area contributed by atoms with Crippen LogP contribution in [0.2, 0.25) is 0 Å². The number of ether oxygens (including phenoxy) is 3. The summed E-state index contributed by atoms with van der Waals surface area (Å²) in [5, 5.41) is 3.16. The van der Waals surface area contributed by atoms with E-state index in [0.29, 0.717) is 26.2 Å². The zero-order chi connectivity index (χ0) is 14.9. The lowest BCUT2D eigenvalue weighted by molar-refractivity contribution is -0.149. The van der Waals surface area contributed by atoms with Gasteiger partial charge in [0.2, 0.25) is 0 Å². The second-order valence-corrected chi connectivity index (χ2v) is 5.16. The molecule has 0 radical (unpaired) electrons. The molecule has 5 nitrogen and oxygen atoms in total. The number of methoxy groups -OCH3 is 1. The van der Waals surface area contributed by atoms with Crippen LogP contribution in [0.4, 0.5) is 0 Å². The monoisotopic (exact) mass is 275 g/mol. The van der Waals surface area contributed by atoms with Crippen molar-refractivity contribution in [3.05, 3.63) is 0 Å². The van der Waals surface area contributed by atoms with Crippen LogP contribution >= 0.6 is 0 Å². The van der Waals surface area contributed by atoms with E-state index < -0.39 is 5.54 Å². The highest BCUT2D eigenvalue weighted by Crippen LogP contribution is 2.16. The minimum Gasteiger partial charge on any atom is -0.468 e. The van der Waals surface area contributed by atoms with Crippen LogP contribution in [0.3, 0.4) is 0 Å². The highest BCUT2D eigenvalue weighted by Gasteiger charge is 2.35. The van der Waals surface area contributed by atoms with E-state index in [1.165, 1.54) is 7.11 Å². The van der Waals surface area contributed by atoms with Crippen molar-refractivity contribution in [1.82, 2.24) is 5.32 Å². The third-order valence-electron chi connectivity index (χ3n) is 2.84. The zero-order valence-electron chi connectivity index (χ0n) is 13.1. The molecule has 0 rings (SSSR count). The minimum atomic E-state index is -0.707. The van der Waals surface area contributed by atoms with Crippen molar-refractivity contribution in [3.8, 4) is 0 Å². The third kappa shape index (κ3) is 7.50. The van der Waals surface area contributed by atoms with E-state index in [4.69, 9.17) is 14.2 Å². The second kappa shape index (κ2) is 9.28. The molecule has 0 saturated heterocycles. The van der Waals surface area contributed by atoms with Crippen LogP contribution in [-0.2, 0) is 19.0 Å². The predicted molar refractivity (Wildman–Crippen MR) is 75.2 cm³/mol. The van der Waals surface area contributed by atoms with Crippen molar-refractivity contribution in [3.63, 3.8) is 0 Å². The van der Waals surface area contributed by atoms with E-state index in [9.17, 15) is 4.79 Å². The maximum atomic E-state index is 11.8. The molecule has 0 aliphatic heterocycles. The summed E-state index contributed by atoms with van der Waals surface area (Å²) >= 11 is 0. The fourth-order valence-corrected chi connectivity index (χ4v) is 2.01. The Balaban J connectivity index is 4.17. The molecule has 0 aromatic carbocycles. The molecular weight excluding hydrogens is 246 g/mol. The molecule has 0 spiro atoms. The van der Waals surface area contributed by atoms with E-state index in [1.807, 2.05) is 34.6 Å². The molecule has 2 unspecified atom stereocenters. The summed E-state index contributed by atoms with van der Waals surface area (Å²) in [5.41, 5.74) is -0.707. The van der Waals surface area contributed by atoms with Crippen molar-refractivity contribution >= 4 is 5.97 Å². The number of carbonyl (C=O) groups excluding carboxylic acids is 1. The number of likely N-dealkylation sites (N-methyl/N-ethyl adjacent to an activating group) is 1. The Morgan fingerprint density at radius 2 is 1.79 bits per heavy atom. The summed E-state index contributed by atoms with van der Waals surface area (Å²) in [6, 6.07) is 0. The summed E-state index contributed by atoms with van der Waals surface area (Å²) in [6.45, 7) is 11.5. The average Bonchev–Trinajstić information content (AvgIpc) is 2.33. The molecule has 0 fully saturated rings. The fraction of sp³-hybridized carbons (Fsp3) is 0.929. The van der Waals surface area contributed by atoms with E-state index in [1.54, 1.807) is 0 Å². The van der Waals surface area contributed by atoms with Crippen molar-refractivity contribution < 1.29 is 19.0 Å². The molecule has 114 valence electrons. The molecule has 0 aliphatic carbocycles. The highest BCUT2D eigenvalue weighted by atomic mass is 16.5. The summed E-state index contributed by atoms with van der Waals surface area (Å²) in [4.78, 5) is 11.8. The van der Waals surface area contributed by atoms with Crippen LogP contribution in [0, 0.1) is 0 Å². The van der Waals surface area contributed by atoms with Crippen LogP contribution in [-0.4, -0.2) is 50.6 Å². The molecular formula is C14H29NO4. The van der Waals surface area contributed by atoms with Gasteiger partial charge in [-0.1, -0.05) is 6.92 Å². The first-order valence-corrected chi connectivity index (χ1v) is 6.92. The van der Waals surface area contributed by atoms with Gasteiger partial charge in [0.05, 0.1) is 32.5 Å². The first-order chi connectivity index (χ1) is 8.85. The number of hydrogen-bond donors (Lipinski definition) is 1. The quantitative estimate of drug-likeness (QED) is 0.486. The van der Waals surface area contributed by atoms with Gasteiger partial charge >= 0.3 is 5.97 Å². The molecule has 0 aromatic heterocycles. The summed E-state index contributed by atoms with van der Waals surface area (Å²) in [5.74, 6) is -0.261. The van der Waals surface area contributed by atoms with Crippen molar-refractivity contribution in [1.29, 1.82) is 0 Å². The Labute approximate surface area is 117 Å². The largest absolute Gasteiger partial charge is 0.468 e. The summed E-state index contributed by atoms with van der Waals surface area (Å²) in [7, 11) is 1.40. The topological polar surface area (TPSA) is 56.8 Å². The van der Waals surface area contributed by atoms with E-state index in [-0.39, 0.29) is 18.2 Å². The molecule has 0 amide bonds. The van der Waals surface area contributed by atoms with Gasteiger partial charge < -0.3 is 19.5 Å². The Morgan fingerprint density at radius 3 is 2.26 bits per heavy atom. The molecule has 19 heavy (non-hydrogen) atoms. The van der Waals surface area contributed by atoms with E-state index in [2.05, 4.69) is 5.32 Å². The molecule has 2 atom stereocenters. The first-order valence-electron chi connectivity index (χ1n) is 6.92. The number of nitrogens with one attached hydrogen (secondary N) is 1. The number of esters is 1. The van der Waals surface area contributed by atoms with Crippen molar-refractivity contribution in [2.24, 2.45) is 0 Å². The predicted octanol–water partition coefficient (Wildman–Crippen LogP) is 1.75. The molecule has 0 aromatic rings. The van der Waals surface area contributed by atoms with Gasteiger partial charge in [-0.25, -0.2) is 0 Å². The van der Waals surface area contributed by atoms with E-state index >= 15 is 0 Å². The SMILES string of the molecule is CCNC(C)(CC(C)OCCOC(C)C)C(=O)OC. The lowest BCUT2D eigenvalue weighted by Gasteiger charge is -2.30. The van der Waals surface area contributed by atoms with Crippen LogP contribution in [0.1, 0.15) is 41.0 Å². The van der Waals surface area contributed by atoms with Gasteiger partial charge in [0, 0.05) is 6.42 Å². The average molecular weight is 275 g/mol. The molecule has 0 saturated carbocycles. The maximum Gasteiger partial charge on any atom is 0.325 e. The van der Waals surface area contributed by atoms with E-state index in [0.717, 1.165) is 0 Å². The van der Waals surface area contributed by atoms with Crippen LogP contribution in [0.5, 0.6) is 0 Å². The second-order valence-electron chi connectivity index (χ2n) is 5.16. The molecule has 1 N–H and O–H groups in total. The van der Waals surface area contributed by atoms with Gasteiger partial charge in [-0.2, -0.15) is 0 Å². The molecule has 5 heteroatoms. The lowest BCUT2D eigenvalue weighted by Crippen LogP contribution is -2.52. The van der Waals surface area contributed by atoms with Crippen LogP contribution < -0.4 is 5.32 Å².